The summed E-state index contributed by atoms with van der Waals surface area (Å²) < 4.78 is 5.35. The molecule has 3 fully saturated rings. The first-order valence-electron chi connectivity index (χ1n) is 7.41. The highest BCUT2D eigenvalue weighted by atomic mass is 16.5. The Balaban J connectivity index is 1.80. The summed E-state index contributed by atoms with van der Waals surface area (Å²) in [4.78, 5) is 26.6. The van der Waals surface area contributed by atoms with E-state index in [1.807, 2.05) is 4.90 Å². The topological polar surface area (TPSA) is 58.6 Å². The molecule has 1 spiro atoms. The van der Waals surface area contributed by atoms with E-state index in [1.54, 1.807) is 0 Å². The summed E-state index contributed by atoms with van der Waals surface area (Å²) in [5, 5.41) is 2.99. The predicted octanol–water partition coefficient (Wildman–Crippen LogP) is 0.827. The van der Waals surface area contributed by atoms with Crippen LogP contribution in [-0.4, -0.2) is 48.1 Å². The molecule has 2 amide bonds. The molecule has 0 unspecified atom stereocenters. The molecule has 106 valence electrons. The van der Waals surface area contributed by atoms with Crippen LogP contribution in [-0.2, 0) is 14.3 Å². The Kier molecular flexibility index (Phi) is 3.48. The summed E-state index contributed by atoms with van der Waals surface area (Å²) in [6, 6.07) is 0.186. The maximum atomic E-state index is 12.8. The molecular formula is C14H22N2O3. The molecule has 2 aliphatic heterocycles. The van der Waals surface area contributed by atoms with E-state index < -0.39 is 5.54 Å². The summed E-state index contributed by atoms with van der Waals surface area (Å²) in [7, 11) is 0. The van der Waals surface area contributed by atoms with E-state index in [0.29, 0.717) is 13.2 Å². The fraction of sp³-hybridized carbons (Fsp3) is 0.857. The molecule has 0 atom stereocenters. The smallest absolute Gasteiger partial charge is 0.249 e. The van der Waals surface area contributed by atoms with Gasteiger partial charge in [-0.15, -0.1) is 0 Å². The molecule has 19 heavy (non-hydrogen) atoms. The van der Waals surface area contributed by atoms with E-state index in [-0.39, 0.29) is 24.4 Å². The van der Waals surface area contributed by atoms with Crippen LogP contribution in [0.3, 0.4) is 0 Å². The van der Waals surface area contributed by atoms with Gasteiger partial charge in [0.15, 0.2) is 0 Å². The van der Waals surface area contributed by atoms with Crippen LogP contribution in [0, 0.1) is 0 Å². The maximum Gasteiger partial charge on any atom is 0.249 e. The molecule has 0 radical (unpaired) electrons. The van der Waals surface area contributed by atoms with Crippen molar-refractivity contribution in [1.82, 2.24) is 10.2 Å². The van der Waals surface area contributed by atoms with E-state index in [1.165, 1.54) is 6.42 Å². The number of amides is 2. The molecular weight excluding hydrogens is 244 g/mol. The molecule has 1 saturated carbocycles. The third kappa shape index (κ3) is 2.36. The number of carbonyl (C=O) groups is 2. The van der Waals surface area contributed by atoms with Gasteiger partial charge in [0.1, 0.15) is 5.54 Å². The predicted molar refractivity (Wildman–Crippen MR) is 69.5 cm³/mol. The Morgan fingerprint density at radius 3 is 2.47 bits per heavy atom. The van der Waals surface area contributed by atoms with E-state index in [2.05, 4.69) is 5.32 Å². The van der Waals surface area contributed by atoms with Gasteiger partial charge >= 0.3 is 0 Å². The summed E-state index contributed by atoms with van der Waals surface area (Å²) in [5.41, 5.74) is -0.591. The van der Waals surface area contributed by atoms with Gasteiger partial charge in [0, 0.05) is 19.3 Å². The van der Waals surface area contributed by atoms with Gasteiger partial charge in [0.05, 0.1) is 6.54 Å². The molecule has 0 aromatic rings. The van der Waals surface area contributed by atoms with E-state index in [4.69, 9.17) is 4.74 Å². The van der Waals surface area contributed by atoms with Crippen LogP contribution in [0.25, 0.3) is 0 Å². The van der Waals surface area contributed by atoms with Gasteiger partial charge in [0.2, 0.25) is 11.8 Å². The third-order valence-electron chi connectivity index (χ3n) is 4.70. The van der Waals surface area contributed by atoms with Crippen LogP contribution in [0.4, 0.5) is 0 Å². The zero-order valence-electron chi connectivity index (χ0n) is 11.3. The zero-order chi connectivity index (χ0) is 13.3. The van der Waals surface area contributed by atoms with Crippen LogP contribution in [0.5, 0.6) is 0 Å². The molecule has 3 rings (SSSR count). The Labute approximate surface area is 113 Å². The highest BCUT2D eigenvalue weighted by Gasteiger charge is 2.48. The van der Waals surface area contributed by atoms with Crippen molar-refractivity contribution in [2.24, 2.45) is 0 Å². The largest absolute Gasteiger partial charge is 0.381 e. The average Bonchev–Trinajstić information content (AvgIpc) is 2.45. The monoisotopic (exact) mass is 266 g/mol. The first-order chi connectivity index (χ1) is 9.21. The Hall–Kier alpha value is -1.10. The summed E-state index contributed by atoms with van der Waals surface area (Å²) in [6.07, 6.45) is 6.56. The fourth-order valence-electron chi connectivity index (χ4n) is 3.65. The lowest BCUT2D eigenvalue weighted by atomic mass is 9.79. The van der Waals surface area contributed by atoms with Gasteiger partial charge in [0.25, 0.3) is 0 Å². The second-order valence-corrected chi connectivity index (χ2v) is 5.97. The lowest BCUT2D eigenvalue weighted by Crippen LogP contribution is -2.69. The molecule has 5 nitrogen and oxygen atoms in total. The van der Waals surface area contributed by atoms with Crippen molar-refractivity contribution in [2.45, 2.75) is 56.5 Å². The van der Waals surface area contributed by atoms with Crippen molar-refractivity contribution >= 4 is 11.8 Å². The van der Waals surface area contributed by atoms with Crippen molar-refractivity contribution in [3.05, 3.63) is 0 Å². The number of carbonyl (C=O) groups excluding carboxylic acids is 2. The third-order valence-corrected chi connectivity index (χ3v) is 4.70. The second kappa shape index (κ2) is 5.12. The number of nitrogens with one attached hydrogen (secondary N) is 1. The Bertz CT molecular complexity index is 371. The van der Waals surface area contributed by atoms with Crippen LogP contribution < -0.4 is 5.32 Å². The molecule has 1 aliphatic carbocycles. The number of rotatable bonds is 1. The second-order valence-electron chi connectivity index (χ2n) is 5.97. The Morgan fingerprint density at radius 2 is 1.79 bits per heavy atom. The lowest BCUT2D eigenvalue weighted by Gasteiger charge is -2.47. The van der Waals surface area contributed by atoms with Gasteiger partial charge < -0.3 is 15.0 Å². The highest BCUT2D eigenvalue weighted by molar-refractivity contribution is 5.98. The molecule has 0 aromatic heterocycles. The Morgan fingerprint density at radius 1 is 1.11 bits per heavy atom. The van der Waals surface area contributed by atoms with Gasteiger partial charge in [-0.25, -0.2) is 0 Å². The minimum atomic E-state index is -0.591. The van der Waals surface area contributed by atoms with Crippen molar-refractivity contribution < 1.29 is 14.3 Å². The molecule has 0 bridgehead atoms. The molecule has 0 aromatic carbocycles. The molecule has 3 aliphatic rings. The summed E-state index contributed by atoms with van der Waals surface area (Å²) in [6.45, 7) is 1.62. The normalized spacial score (nSPS) is 28.5. The number of hydrogen-bond acceptors (Lipinski definition) is 3. The van der Waals surface area contributed by atoms with Crippen molar-refractivity contribution in [1.29, 1.82) is 0 Å². The molecule has 5 heteroatoms. The van der Waals surface area contributed by atoms with Crippen LogP contribution >= 0.6 is 0 Å². The molecule has 1 N–H and O–H groups in total. The number of hydrogen-bond donors (Lipinski definition) is 1. The zero-order valence-corrected chi connectivity index (χ0v) is 11.3. The number of piperazine rings is 1. The minimum absolute atomic E-state index is 0.00740. The highest BCUT2D eigenvalue weighted by Crippen LogP contribution is 2.33. The van der Waals surface area contributed by atoms with E-state index in [9.17, 15) is 9.59 Å². The number of ether oxygens (including phenoxy) is 1. The average molecular weight is 266 g/mol. The van der Waals surface area contributed by atoms with Gasteiger partial charge in [-0.3, -0.25) is 9.59 Å². The molecule has 2 heterocycles. The quantitative estimate of drug-likeness (QED) is 0.764. The van der Waals surface area contributed by atoms with E-state index in [0.717, 1.165) is 38.5 Å². The van der Waals surface area contributed by atoms with E-state index >= 15 is 0 Å². The van der Waals surface area contributed by atoms with Gasteiger partial charge in [-0.1, -0.05) is 19.3 Å². The first kappa shape index (κ1) is 12.9. The first-order valence-corrected chi connectivity index (χ1v) is 7.41. The van der Waals surface area contributed by atoms with Crippen molar-refractivity contribution in [3.8, 4) is 0 Å². The van der Waals surface area contributed by atoms with Gasteiger partial charge in [-0.05, 0) is 25.7 Å². The van der Waals surface area contributed by atoms with Crippen LogP contribution in [0.15, 0.2) is 0 Å². The van der Waals surface area contributed by atoms with Gasteiger partial charge in [-0.2, -0.15) is 0 Å². The lowest BCUT2D eigenvalue weighted by molar-refractivity contribution is -0.155. The standard InChI is InChI=1S/C14H22N2O3/c17-12-10-16(11-4-8-19-9-5-11)13(18)14(15-12)6-2-1-3-7-14/h11H,1-10H2,(H,15,17). The molecule has 2 saturated heterocycles. The fourth-order valence-corrected chi connectivity index (χ4v) is 3.65. The summed E-state index contributed by atoms with van der Waals surface area (Å²) >= 11 is 0. The SMILES string of the molecule is O=C1CN(C2CCOCC2)C(=O)C2(CCCCC2)N1. The maximum absolute atomic E-state index is 12.8. The summed E-state index contributed by atoms with van der Waals surface area (Å²) in [5.74, 6) is 0.159. The van der Waals surface area contributed by atoms with Crippen LogP contribution in [0.2, 0.25) is 0 Å². The minimum Gasteiger partial charge on any atom is -0.381 e. The van der Waals surface area contributed by atoms with Crippen LogP contribution in [0.1, 0.15) is 44.9 Å². The van der Waals surface area contributed by atoms with Crippen molar-refractivity contribution in [2.75, 3.05) is 19.8 Å². The number of nitrogens with zero attached hydrogens (tertiary/aromatic N) is 1. The van der Waals surface area contributed by atoms with Crippen molar-refractivity contribution in [3.63, 3.8) is 0 Å².